The van der Waals surface area contributed by atoms with Crippen molar-refractivity contribution < 1.29 is 19.5 Å². The molecular weight excluding hydrogens is 238 g/mol. The summed E-state index contributed by atoms with van der Waals surface area (Å²) in [5.74, 6) is -1.45. The van der Waals surface area contributed by atoms with Crippen LogP contribution in [0, 0.1) is 0 Å². The molecular formula is C11H19N3O4. The number of hydrogen-bond acceptors (Lipinski definition) is 3. The number of hydrogen-bond donors (Lipinski definition) is 3. The average Bonchev–Trinajstić information content (AvgIpc) is 2.34. The molecule has 3 N–H and O–H groups in total. The van der Waals surface area contributed by atoms with Gasteiger partial charge in [-0.05, 0) is 6.42 Å². The number of carbonyl (C=O) groups excluding carboxylic acids is 2. The van der Waals surface area contributed by atoms with Crippen LogP contribution in [0.25, 0.3) is 0 Å². The molecule has 1 aliphatic heterocycles. The van der Waals surface area contributed by atoms with Gasteiger partial charge in [0.2, 0.25) is 5.91 Å². The van der Waals surface area contributed by atoms with Gasteiger partial charge in [0, 0.05) is 13.1 Å². The van der Waals surface area contributed by atoms with Gasteiger partial charge < -0.3 is 15.7 Å². The first-order chi connectivity index (χ1) is 8.56. The van der Waals surface area contributed by atoms with E-state index in [1.165, 1.54) is 0 Å². The number of unbranched alkanes of at least 4 members (excludes halogenated alkanes) is 2. The van der Waals surface area contributed by atoms with Crippen molar-refractivity contribution in [2.24, 2.45) is 0 Å². The highest BCUT2D eigenvalue weighted by Crippen LogP contribution is 2.05. The fourth-order valence-corrected chi connectivity index (χ4v) is 1.75. The number of nitrogens with zero attached hydrogens (tertiary/aromatic N) is 1. The van der Waals surface area contributed by atoms with Crippen molar-refractivity contribution in [2.45, 2.75) is 32.2 Å². The molecule has 0 bridgehead atoms. The topological polar surface area (TPSA) is 98.7 Å². The Kier molecular flexibility index (Phi) is 5.41. The first kappa shape index (κ1) is 14.3. The molecule has 0 radical (unpaired) electrons. The number of carboxylic acid groups (broad SMARTS) is 1. The van der Waals surface area contributed by atoms with Crippen molar-refractivity contribution >= 4 is 17.9 Å². The second-order valence-electron chi connectivity index (χ2n) is 4.23. The van der Waals surface area contributed by atoms with E-state index in [1.807, 2.05) is 0 Å². The second kappa shape index (κ2) is 6.83. The van der Waals surface area contributed by atoms with Crippen LogP contribution < -0.4 is 10.6 Å². The van der Waals surface area contributed by atoms with Crippen molar-refractivity contribution in [3.8, 4) is 0 Å². The van der Waals surface area contributed by atoms with E-state index in [4.69, 9.17) is 5.11 Å². The summed E-state index contributed by atoms with van der Waals surface area (Å²) in [6, 6.07) is -1.48. The lowest BCUT2D eigenvalue weighted by Gasteiger charge is -2.32. The van der Waals surface area contributed by atoms with E-state index >= 15 is 0 Å². The van der Waals surface area contributed by atoms with Gasteiger partial charge in [-0.2, -0.15) is 0 Å². The predicted octanol–water partition coefficient (Wildman–Crippen LogP) is -0.229. The molecule has 1 fully saturated rings. The van der Waals surface area contributed by atoms with Crippen LogP contribution in [-0.4, -0.2) is 53.6 Å². The summed E-state index contributed by atoms with van der Waals surface area (Å²) in [7, 11) is 0. The Balaban J connectivity index is 2.50. The van der Waals surface area contributed by atoms with Crippen molar-refractivity contribution in [2.75, 3.05) is 19.6 Å². The third-order valence-corrected chi connectivity index (χ3v) is 2.79. The van der Waals surface area contributed by atoms with E-state index in [0.29, 0.717) is 6.54 Å². The van der Waals surface area contributed by atoms with Gasteiger partial charge in [0.25, 0.3) is 0 Å². The smallest absolute Gasteiger partial charge is 0.328 e. The number of amides is 3. The summed E-state index contributed by atoms with van der Waals surface area (Å²) < 4.78 is 0. The number of piperazine rings is 1. The Hall–Kier alpha value is -1.79. The van der Waals surface area contributed by atoms with Crippen molar-refractivity contribution in [1.82, 2.24) is 15.5 Å². The molecule has 3 amide bonds. The highest BCUT2D eigenvalue weighted by atomic mass is 16.4. The molecule has 102 valence electrons. The van der Waals surface area contributed by atoms with E-state index in [1.54, 1.807) is 0 Å². The standard InChI is InChI=1S/C11H19N3O4/c1-2-3-4-5-12-11(18)14-7-9(15)13-6-8(14)10(16)17/h8H,2-7H2,1H3,(H,12,18)(H,13,15)(H,16,17). The number of aliphatic carboxylic acids is 1. The van der Waals surface area contributed by atoms with Crippen molar-refractivity contribution in [1.29, 1.82) is 0 Å². The maximum Gasteiger partial charge on any atom is 0.328 e. The predicted molar refractivity (Wildman–Crippen MR) is 64.1 cm³/mol. The molecule has 0 aliphatic carbocycles. The van der Waals surface area contributed by atoms with E-state index in [2.05, 4.69) is 17.6 Å². The molecule has 7 heteroatoms. The Morgan fingerprint density at radius 3 is 2.83 bits per heavy atom. The highest BCUT2D eigenvalue weighted by Gasteiger charge is 2.34. The summed E-state index contributed by atoms with van der Waals surface area (Å²) in [4.78, 5) is 35.0. The SMILES string of the molecule is CCCCCNC(=O)N1CC(=O)NCC1C(=O)O. The zero-order valence-corrected chi connectivity index (χ0v) is 10.4. The number of carboxylic acids is 1. The maximum atomic E-state index is 11.8. The monoisotopic (exact) mass is 257 g/mol. The van der Waals surface area contributed by atoms with Gasteiger partial charge in [0.05, 0.1) is 0 Å². The minimum atomic E-state index is -1.11. The number of rotatable bonds is 5. The third kappa shape index (κ3) is 3.90. The van der Waals surface area contributed by atoms with E-state index in [9.17, 15) is 14.4 Å². The zero-order chi connectivity index (χ0) is 13.5. The summed E-state index contributed by atoms with van der Waals surface area (Å²) in [5.41, 5.74) is 0. The Bertz CT molecular complexity index is 332. The molecule has 0 spiro atoms. The van der Waals surface area contributed by atoms with Gasteiger partial charge in [-0.25, -0.2) is 9.59 Å². The first-order valence-corrected chi connectivity index (χ1v) is 6.10. The summed E-state index contributed by atoms with van der Waals surface area (Å²) >= 11 is 0. The molecule has 0 aromatic heterocycles. The molecule has 1 atom stereocenters. The fraction of sp³-hybridized carbons (Fsp3) is 0.727. The van der Waals surface area contributed by atoms with Gasteiger partial charge in [-0.1, -0.05) is 19.8 Å². The van der Waals surface area contributed by atoms with Crippen LogP contribution in [0.5, 0.6) is 0 Å². The minimum absolute atomic E-state index is 0.0451. The van der Waals surface area contributed by atoms with Crippen LogP contribution in [0.1, 0.15) is 26.2 Å². The molecule has 0 aromatic carbocycles. The lowest BCUT2D eigenvalue weighted by atomic mass is 10.2. The van der Waals surface area contributed by atoms with Crippen LogP contribution in [0.4, 0.5) is 4.79 Å². The van der Waals surface area contributed by atoms with Crippen LogP contribution in [-0.2, 0) is 9.59 Å². The van der Waals surface area contributed by atoms with E-state index in [0.717, 1.165) is 24.2 Å². The molecule has 1 saturated heterocycles. The number of urea groups is 1. The van der Waals surface area contributed by atoms with Gasteiger partial charge in [-0.3, -0.25) is 9.69 Å². The highest BCUT2D eigenvalue weighted by molar-refractivity contribution is 5.90. The van der Waals surface area contributed by atoms with Gasteiger partial charge >= 0.3 is 12.0 Å². The maximum absolute atomic E-state index is 11.8. The fourth-order valence-electron chi connectivity index (χ4n) is 1.75. The lowest BCUT2D eigenvalue weighted by molar-refractivity contribution is -0.144. The van der Waals surface area contributed by atoms with E-state index < -0.39 is 18.0 Å². The molecule has 1 unspecified atom stereocenters. The van der Waals surface area contributed by atoms with Crippen molar-refractivity contribution in [3.63, 3.8) is 0 Å². The molecule has 1 rings (SSSR count). The van der Waals surface area contributed by atoms with Gasteiger partial charge in [0.15, 0.2) is 0 Å². The summed E-state index contributed by atoms with van der Waals surface area (Å²) in [6.45, 7) is 2.29. The first-order valence-electron chi connectivity index (χ1n) is 6.10. The van der Waals surface area contributed by atoms with Gasteiger partial charge in [0.1, 0.15) is 12.6 Å². The van der Waals surface area contributed by atoms with Crippen LogP contribution >= 0.6 is 0 Å². The number of nitrogens with one attached hydrogen (secondary N) is 2. The normalized spacial score (nSPS) is 19.3. The Morgan fingerprint density at radius 1 is 1.50 bits per heavy atom. The zero-order valence-electron chi connectivity index (χ0n) is 10.4. The number of carbonyl (C=O) groups is 3. The Labute approximate surface area is 106 Å². The average molecular weight is 257 g/mol. The molecule has 0 saturated carbocycles. The van der Waals surface area contributed by atoms with Gasteiger partial charge in [-0.15, -0.1) is 0 Å². The summed E-state index contributed by atoms with van der Waals surface area (Å²) in [6.07, 6.45) is 2.89. The van der Waals surface area contributed by atoms with E-state index in [-0.39, 0.29) is 19.0 Å². The minimum Gasteiger partial charge on any atom is -0.480 e. The molecule has 1 heterocycles. The lowest BCUT2D eigenvalue weighted by Crippen LogP contribution is -2.61. The molecule has 1 aliphatic rings. The van der Waals surface area contributed by atoms with Crippen LogP contribution in [0.3, 0.4) is 0 Å². The summed E-state index contributed by atoms with van der Waals surface area (Å²) in [5, 5.41) is 14.0. The molecule has 0 aromatic rings. The molecule has 18 heavy (non-hydrogen) atoms. The molecule has 7 nitrogen and oxygen atoms in total. The third-order valence-electron chi connectivity index (χ3n) is 2.79. The largest absolute Gasteiger partial charge is 0.480 e. The Morgan fingerprint density at radius 2 is 2.22 bits per heavy atom. The van der Waals surface area contributed by atoms with Crippen LogP contribution in [0.2, 0.25) is 0 Å². The van der Waals surface area contributed by atoms with Crippen molar-refractivity contribution in [3.05, 3.63) is 0 Å². The second-order valence-corrected chi connectivity index (χ2v) is 4.23. The quantitative estimate of drug-likeness (QED) is 0.592. The van der Waals surface area contributed by atoms with Crippen LogP contribution in [0.15, 0.2) is 0 Å².